The van der Waals surface area contributed by atoms with Gasteiger partial charge in [0.2, 0.25) is 0 Å². The number of aliphatic carboxylic acids is 1. The molecule has 348 valence electrons. The summed E-state index contributed by atoms with van der Waals surface area (Å²) in [6, 6.07) is 0. The van der Waals surface area contributed by atoms with Crippen molar-refractivity contribution in [1.29, 1.82) is 0 Å². The van der Waals surface area contributed by atoms with Crippen molar-refractivity contribution in [3.8, 4) is 24.7 Å². The van der Waals surface area contributed by atoms with Gasteiger partial charge in [-0.25, -0.2) is 44.8 Å². The van der Waals surface area contributed by atoms with Gasteiger partial charge in [0, 0.05) is 24.0 Å². The highest BCUT2D eigenvalue weighted by molar-refractivity contribution is 5.91. The molecular weight excluding hydrogens is 876 g/mol. The second-order valence-corrected chi connectivity index (χ2v) is 16.2. The maximum atomic E-state index is 14.2. The molecule has 0 aliphatic heterocycles. The molecule has 2 saturated carbocycles. The van der Waals surface area contributed by atoms with E-state index in [0.29, 0.717) is 0 Å². The molecule has 2 fully saturated rings. The fourth-order valence-electron chi connectivity index (χ4n) is 6.55. The second kappa shape index (κ2) is 22.3. The Morgan fingerprint density at radius 2 is 0.969 bits per heavy atom. The molecule has 11 nitrogen and oxygen atoms in total. The number of carbonyl (C=O) groups is 4. The largest absolute Gasteiger partial charge is 0.481 e. The lowest BCUT2D eigenvalue weighted by atomic mass is 10.1. The lowest BCUT2D eigenvalue weighted by Crippen LogP contribution is -2.15. The SMILES string of the molecule is C#CCc1c(F)c(F)c(CO)c(F)c1F.[C-]#[N+]/C(=C\C1C(C(=O)O)C1(C)C)C(=O)OC(C)C.[C-]#[N+]/C(=C\C1C(C(=O)OCc2c(F)c(F)c(CC#C)c(F)c2F)C1(C)C)C(=O)OC(C)C. The van der Waals surface area contributed by atoms with E-state index in [0.717, 1.165) is 0 Å². The first-order chi connectivity index (χ1) is 30.1. The van der Waals surface area contributed by atoms with Crippen molar-refractivity contribution in [2.75, 3.05) is 0 Å². The summed E-state index contributed by atoms with van der Waals surface area (Å²) < 4.78 is 123. The third kappa shape index (κ3) is 12.5. The number of carboxylic acids is 1. The van der Waals surface area contributed by atoms with Gasteiger partial charge in [-0.2, -0.15) is 0 Å². The van der Waals surface area contributed by atoms with E-state index in [2.05, 4.69) is 9.69 Å². The predicted molar refractivity (Wildman–Crippen MR) is 214 cm³/mol. The molecule has 0 bridgehead atoms. The third-order valence-electron chi connectivity index (χ3n) is 10.3. The molecule has 0 aromatic heterocycles. The van der Waals surface area contributed by atoms with Crippen molar-refractivity contribution in [1.82, 2.24) is 0 Å². The molecule has 0 spiro atoms. The van der Waals surface area contributed by atoms with E-state index < -0.39 is 153 Å². The normalized spacial score (nSPS) is 18.8. The van der Waals surface area contributed by atoms with Crippen LogP contribution in [0.1, 0.15) is 77.6 Å². The Morgan fingerprint density at radius 3 is 1.26 bits per heavy atom. The van der Waals surface area contributed by atoms with Crippen LogP contribution in [0.5, 0.6) is 0 Å². The van der Waals surface area contributed by atoms with Crippen LogP contribution >= 0.6 is 0 Å². The van der Waals surface area contributed by atoms with Gasteiger partial charge in [-0.3, -0.25) is 19.2 Å². The van der Waals surface area contributed by atoms with Crippen molar-refractivity contribution in [2.45, 2.75) is 93.7 Å². The zero-order chi connectivity index (χ0) is 50.0. The molecule has 4 atom stereocenters. The third-order valence-corrected chi connectivity index (χ3v) is 10.3. The summed E-state index contributed by atoms with van der Waals surface area (Å²) in [6.07, 6.45) is 10.5. The molecule has 2 N–H and O–H groups in total. The van der Waals surface area contributed by atoms with E-state index in [1.165, 1.54) is 12.2 Å². The van der Waals surface area contributed by atoms with Gasteiger partial charge in [0.1, 0.15) is 6.61 Å². The van der Waals surface area contributed by atoms with Crippen molar-refractivity contribution in [2.24, 2.45) is 34.5 Å². The van der Waals surface area contributed by atoms with Crippen LogP contribution in [0.25, 0.3) is 9.69 Å². The first kappa shape index (κ1) is 54.4. The molecule has 0 heterocycles. The first-order valence-corrected chi connectivity index (χ1v) is 19.3. The zero-order valence-corrected chi connectivity index (χ0v) is 36.3. The van der Waals surface area contributed by atoms with E-state index in [1.807, 2.05) is 25.7 Å². The Balaban J connectivity index is 0.000000370. The standard InChI is InChI=1S/C23H21F4NO4.C13H17NO4.C10H6F4O/c1-7-8-12-17(24)19(26)13(20(27)18(12)25)10-31-22(30)16-14(23(16,4)5)9-15(28-6)21(29)32-11(2)3;1-7(2)18-12(17)9(14-5)6-8-10(11(15)16)13(8,3)4;1-2-3-5-7(11)9(13)6(4-15)10(14)8(5)12/h1,9,11,14,16H,8,10H2,2-5H3;6-8,10H,1-4H3,(H,15,16);1,15H,3-4H2/b15-9-;9-6-;. The highest BCUT2D eigenvalue weighted by atomic mass is 19.2. The number of carbonyl (C=O) groups excluding carboxylic acids is 3. The number of allylic oxidation sites excluding steroid dienone is 2. The molecule has 4 rings (SSSR count). The Hall–Kier alpha value is -6.70. The van der Waals surface area contributed by atoms with Crippen molar-refractivity contribution in [3.63, 3.8) is 0 Å². The minimum Gasteiger partial charge on any atom is -0.481 e. The number of benzene rings is 2. The minimum absolute atomic E-state index is 0.134. The molecule has 65 heavy (non-hydrogen) atoms. The van der Waals surface area contributed by atoms with Gasteiger partial charge in [-0.1, -0.05) is 39.8 Å². The fraction of sp³-hybridized carbons (Fsp3) is 0.435. The zero-order valence-electron chi connectivity index (χ0n) is 36.3. The molecule has 0 saturated heterocycles. The van der Waals surface area contributed by atoms with Gasteiger partial charge in [-0.05, 0) is 50.4 Å². The van der Waals surface area contributed by atoms with Crippen LogP contribution < -0.4 is 0 Å². The summed E-state index contributed by atoms with van der Waals surface area (Å²) in [6.45, 7) is 25.5. The van der Waals surface area contributed by atoms with E-state index >= 15 is 0 Å². The maximum Gasteiger partial charge on any atom is 0.336 e. The fourth-order valence-corrected chi connectivity index (χ4v) is 6.55. The number of hydrogen-bond acceptors (Lipinski definition) is 8. The molecule has 0 amide bonds. The Kier molecular flexibility index (Phi) is 18.7. The van der Waals surface area contributed by atoms with E-state index in [1.54, 1.807) is 41.5 Å². The van der Waals surface area contributed by atoms with E-state index in [9.17, 15) is 54.3 Å². The van der Waals surface area contributed by atoms with Gasteiger partial charge in [0.15, 0.2) is 46.5 Å². The van der Waals surface area contributed by atoms with Crippen LogP contribution in [0, 0.1) is 119 Å². The van der Waals surface area contributed by atoms with Crippen molar-refractivity contribution in [3.05, 3.63) is 115 Å². The number of ether oxygens (including phenoxy) is 3. The maximum absolute atomic E-state index is 14.2. The average molecular weight is 921 g/mol. The number of rotatable bonds is 13. The number of aliphatic hydroxyl groups is 1. The summed E-state index contributed by atoms with van der Waals surface area (Å²) in [5.74, 6) is -14.8. The number of carboxylic acid groups (broad SMARTS) is 1. The van der Waals surface area contributed by atoms with Gasteiger partial charge in [0.25, 0.3) is 11.4 Å². The topological polar surface area (TPSA) is 145 Å². The van der Waals surface area contributed by atoms with E-state index in [-0.39, 0.29) is 23.4 Å². The molecule has 19 heteroatoms. The first-order valence-electron chi connectivity index (χ1n) is 19.3. The number of halogens is 8. The summed E-state index contributed by atoms with van der Waals surface area (Å²) >= 11 is 0. The summed E-state index contributed by atoms with van der Waals surface area (Å²) in [5.41, 5.74) is -5.47. The summed E-state index contributed by atoms with van der Waals surface area (Å²) in [4.78, 5) is 53.3. The number of terminal acetylenes is 2. The summed E-state index contributed by atoms with van der Waals surface area (Å²) in [5, 5.41) is 17.5. The molecule has 2 aliphatic carbocycles. The molecule has 4 unspecified atom stereocenters. The van der Waals surface area contributed by atoms with E-state index in [4.69, 9.17) is 50.4 Å². The van der Waals surface area contributed by atoms with Crippen LogP contribution in [0.3, 0.4) is 0 Å². The van der Waals surface area contributed by atoms with Crippen LogP contribution in [-0.2, 0) is 59.4 Å². The molecule has 0 radical (unpaired) electrons. The van der Waals surface area contributed by atoms with Gasteiger partial charge < -0.3 is 24.4 Å². The van der Waals surface area contributed by atoms with Crippen LogP contribution in [0.2, 0.25) is 0 Å². The number of nitrogens with zero attached hydrogens (tertiary/aromatic N) is 2. The van der Waals surface area contributed by atoms with Gasteiger partial charge in [0.05, 0.1) is 54.9 Å². The monoisotopic (exact) mass is 920 g/mol. The smallest absolute Gasteiger partial charge is 0.336 e. The Morgan fingerprint density at radius 1 is 0.646 bits per heavy atom. The molecule has 2 aromatic carbocycles. The number of esters is 3. The van der Waals surface area contributed by atoms with Crippen LogP contribution in [0.4, 0.5) is 35.1 Å². The minimum atomic E-state index is -1.69. The average Bonchev–Trinajstić information content (AvgIpc) is 4.00. The molecule has 2 aromatic rings. The quantitative estimate of drug-likeness (QED) is 0.0385. The number of hydrogen-bond donors (Lipinski definition) is 2. The Bertz CT molecular complexity index is 2390. The lowest BCUT2D eigenvalue weighted by Gasteiger charge is -2.11. The van der Waals surface area contributed by atoms with Crippen LogP contribution in [0.15, 0.2) is 23.5 Å². The van der Waals surface area contributed by atoms with Gasteiger partial charge >= 0.3 is 23.9 Å². The van der Waals surface area contributed by atoms with Gasteiger partial charge in [-0.15, -0.1) is 24.7 Å². The highest BCUT2D eigenvalue weighted by Crippen LogP contribution is 2.60. The van der Waals surface area contributed by atoms with Crippen LogP contribution in [-0.4, -0.2) is 46.3 Å². The Labute approximate surface area is 370 Å². The highest BCUT2D eigenvalue weighted by Gasteiger charge is 2.62. The van der Waals surface area contributed by atoms with Crippen molar-refractivity contribution >= 4 is 23.9 Å². The number of aliphatic hydroxyl groups excluding tert-OH is 1. The second-order valence-electron chi connectivity index (χ2n) is 16.2. The van der Waals surface area contributed by atoms with Crippen molar-refractivity contribution < 1.29 is 78.7 Å². The predicted octanol–water partition coefficient (Wildman–Crippen LogP) is 8.50. The molecular formula is C46H44F8N2O9. The lowest BCUT2D eigenvalue weighted by molar-refractivity contribution is -0.148. The summed E-state index contributed by atoms with van der Waals surface area (Å²) in [7, 11) is 0. The molecule has 2 aliphatic rings.